The molecule has 0 bridgehead atoms. The summed E-state index contributed by atoms with van der Waals surface area (Å²) in [7, 11) is -1.88. The Balaban J connectivity index is 2.07. The number of phenols is 1. The lowest BCUT2D eigenvalue weighted by molar-refractivity contribution is 0.415. The first-order valence-electron chi connectivity index (χ1n) is 9.38. The maximum Gasteiger partial charge on any atom is 0.296 e. The minimum Gasteiger partial charge on any atom is -0.508 e. The van der Waals surface area contributed by atoms with E-state index in [1.165, 1.54) is 44.6 Å². The molecule has 11 nitrogen and oxygen atoms in total. The summed E-state index contributed by atoms with van der Waals surface area (Å²) in [6, 6.07) is 11.4. The molecule has 0 aliphatic rings. The minimum absolute atomic E-state index is 0.0301. The fraction of sp³-hybridized carbons (Fsp3) is 0.143. The van der Waals surface area contributed by atoms with Gasteiger partial charge in [0.25, 0.3) is 10.1 Å². The van der Waals surface area contributed by atoms with E-state index in [-0.39, 0.29) is 22.9 Å². The van der Waals surface area contributed by atoms with Crippen molar-refractivity contribution in [2.75, 3.05) is 20.0 Å². The van der Waals surface area contributed by atoms with Crippen molar-refractivity contribution in [1.29, 1.82) is 0 Å². The van der Waals surface area contributed by atoms with Crippen LogP contribution in [0.4, 0.5) is 28.4 Å². The number of phenolic OH excluding ortho intramolecular Hbond substituents is 1. The van der Waals surface area contributed by atoms with Gasteiger partial charge in [-0.1, -0.05) is 0 Å². The number of aromatic hydroxyl groups is 1. The second-order valence-corrected chi connectivity index (χ2v) is 8.15. The molecule has 3 rings (SSSR count). The van der Waals surface area contributed by atoms with Gasteiger partial charge in [0.1, 0.15) is 33.5 Å². The zero-order chi connectivity index (χ0) is 24.2. The van der Waals surface area contributed by atoms with Crippen LogP contribution >= 0.6 is 0 Å². The van der Waals surface area contributed by atoms with E-state index >= 15 is 0 Å². The minimum atomic E-state index is -4.69. The maximum atomic E-state index is 12.0. The molecule has 33 heavy (non-hydrogen) atoms. The van der Waals surface area contributed by atoms with Gasteiger partial charge in [0.15, 0.2) is 0 Å². The summed E-state index contributed by atoms with van der Waals surface area (Å²) in [5.41, 5.74) is 7.60. The van der Waals surface area contributed by atoms with E-state index in [0.29, 0.717) is 28.4 Å². The summed E-state index contributed by atoms with van der Waals surface area (Å²) < 4.78 is 44.2. The zero-order valence-corrected chi connectivity index (χ0v) is 18.7. The normalized spacial score (nSPS) is 11.9. The van der Waals surface area contributed by atoms with Crippen molar-refractivity contribution in [2.45, 2.75) is 11.8 Å². The molecule has 3 aromatic rings. The summed E-state index contributed by atoms with van der Waals surface area (Å²) >= 11 is 0. The molecule has 12 heteroatoms. The van der Waals surface area contributed by atoms with Gasteiger partial charge in [-0.3, -0.25) is 4.55 Å². The number of benzene rings is 3. The number of ether oxygens (including phenoxy) is 2. The van der Waals surface area contributed by atoms with Crippen LogP contribution in [0, 0.1) is 6.92 Å². The van der Waals surface area contributed by atoms with Crippen LogP contribution in [-0.4, -0.2) is 32.3 Å². The lowest BCUT2D eigenvalue weighted by Crippen LogP contribution is -1.99. The average molecular weight is 471 g/mol. The van der Waals surface area contributed by atoms with Gasteiger partial charge < -0.3 is 20.3 Å². The van der Waals surface area contributed by atoms with E-state index in [9.17, 15) is 18.1 Å². The summed E-state index contributed by atoms with van der Waals surface area (Å²) in [5.74, 6) is 0.585. The fourth-order valence-electron chi connectivity index (χ4n) is 2.79. The number of methoxy groups -OCH3 is 2. The van der Waals surface area contributed by atoms with Gasteiger partial charge in [-0.05, 0) is 48.9 Å². The third-order valence-electron chi connectivity index (χ3n) is 4.48. The Hall–Kier alpha value is -4.03. The first kappa shape index (κ1) is 23.6. The van der Waals surface area contributed by atoms with Crippen LogP contribution < -0.4 is 15.2 Å². The number of hydrogen-bond acceptors (Lipinski definition) is 10. The molecule has 0 unspecified atom stereocenters. The monoisotopic (exact) mass is 471 g/mol. The molecule has 0 radical (unpaired) electrons. The molecular weight excluding hydrogens is 450 g/mol. The molecule has 172 valence electrons. The van der Waals surface area contributed by atoms with Crippen molar-refractivity contribution >= 4 is 38.6 Å². The zero-order valence-electron chi connectivity index (χ0n) is 17.9. The molecule has 0 aliphatic heterocycles. The van der Waals surface area contributed by atoms with Gasteiger partial charge in [0.05, 0.1) is 31.3 Å². The number of hydrogen-bond donors (Lipinski definition) is 3. The Morgan fingerprint density at radius 3 is 2.00 bits per heavy atom. The molecule has 0 heterocycles. The smallest absolute Gasteiger partial charge is 0.296 e. The number of aryl methyl sites for hydroxylation is 1. The number of nitrogen functional groups attached to an aromatic ring is 1. The maximum absolute atomic E-state index is 12.0. The van der Waals surface area contributed by atoms with Gasteiger partial charge in [-0.15, -0.1) is 10.2 Å². The van der Waals surface area contributed by atoms with E-state index in [1.807, 2.05) is 0 Å². The highest BCUT2D eigenvalue weighted by molar-refractivity contribution is 7.86. The quantitative estimate of drug-likeness (QED) is 0.236. The van der Waals surface area contributed by atoms with Crippen molar-refractivity contribution in [1.82, 2.24) is 0 Å². The molecule has 0 amide bonds. The first-order chi connectivity index (χ1) is 15.6. The van der Waals surface area contributed by atoms with Gasteiger partial charge >= 0.3 is 0 Å². The molecule has 0 saturated heterocycles. The highest BCUT2D eigenvalue weighted by atomic mass is 32.2. The molecule has 4 N–H and O–H groups in total. The summed E-state index contributed by atoms with van der Waals surface area (Å²) in [5, 5.41) is 25.4. The Bertz CT molecular complexity index is 1340. The van der Waals surface area contributed by atoms with Gasteiger partial charge in [0, 0.05) is 12.1 Å². The van der Waals surface area contributed by atoms with E-state index in [4.69, 9.17) is 15.2 Å². The number of azo groups is 2. The molecule has 3 aromatic carbocycles. The molecule has 0 atom stereocenters. The van der Waals surface area contributed by atoms with Crippen molar-refractivity contribution in [3.8, 4) is 17.2 Å². The van der Waals surface area contributed by atoms with Crippen LogP contribution in [0.5, 0.6) is 17.2 Å². The van der Waals surface area contributed by atoms with E-state index in [1.54, 1.807) is 19.1 Å². The Kier molecular flexibility index (Phi) is 6.89. The Morgan fingerprint density at radius 2 is 1.39 bits per heavy atom. The summed E-state index contributed by atoms with van der Waals surface area (Å²) in [6.07, 6.45) is 0. The Labute approximate surface area is 190 Å². The third-order valence-corrected chi connectivity index (χ3v) is 5.36. The topological polar surface area (TPSA) is 169 Å². The van der Waals surface area contributed by atoms with Crippen molar-refractivity contribution in [3.05, 3.63) is 54.1 Å². The van der Waals surface area contributed by atoms with E-state index < -0.39 is 15.0 Å². The van der Waals surface area contributed by atoms with Crippen LogP contribution in [0.3, 0.4) is 0 Å². The largest absolute Gasteiger partial charge is 0.508 e. The number of nitrogens with two attached hydrogens (primary N) is 1. The third kappa shape index (κ3) is 5.61. The Morgan fingerprint density at radius 1 is 0.818 bits per heavy atom. The van der Waals surface area contributed by atoms with Crippen LogP contribution in [-0.2, 0) is 10.1 Å². The predicted octanol–water partition coefficient (Wildman–Crippen LogP) is 5.38. The molecule has 0 fully saturated rings. The second-order valence-electron chi connectivity index (χ2n) is 6.76. The molecule has 0 aliphatic carbocycles. The molecule has 0 spiro atoms. The summed E-state index contributed by atoms with van der Waals surface area (Å²) in [4.78, 5) is -0.535. The van der Waals surface area contributed by atoms with Crippen LogP contribution in [0.2, 0.25) is 0 Å². The van der Waals surface area contributed by atoms with Crippen LogP contribution in [0.1, 0.15) is 5.56 Å². The first-order valence-corrected chi connectivity index (χ1v) is 10.8. The predicted molar refractivity (Wildman–Crippen MR) is 121 cm³/mol. The second kappa shape index (κ2) is 9.63. The lowest BCUT2D eigenvalue weighted by Gasteiger charge is -2.09. The van der Waals surface area contributed by atoms with E-state index in [0.717, 1.165) is 6.07 Å². The highest BCUT2D eigenvalue weighted by Crippen LogP contribution is 2.39. The average Bonchev–Trinajstić information content (AvgIpc) is 2.77. The molecule has 0 saturated carbocycles. The van der Waals surface area contributed by atoms with E-state index in [2.05, 4.69) is 20.5 Å². The molecule has 0 aromatic heterocycles. The SMILES string of the molecule is COc1cc(N=Nc2cc(OC)c(N=Nc3ccc(O)cc3)cc2S(=O)(=O)O)c(C)cc1N. The standard InChI is InChI=1S/C21H21N5O6S/c1-12-8-15(22)19(31-2)9-16(12)24-26-18-10-20(32-3)17(11-21(18)33(28,29)30)25-23-13-4-6-14(27)7-5-13/h4-11,27H,22H2,1-3H3,(H,28,29,30). The van der Waals surface area contributed by atoms with Crippen LogP contribution in [0.15, 0.2) is 73.9 Å². The van der Waals surface area contributed by atoms with Gasteiger partial charge in [-0.2, -0.15) is 18.6 Å². The van der Waals surface area contributed by atoms with Crippen molar-refractivity contribution < 1.29 is 27.6 Å². The van der Waals surface area contributed by atoms with Crippen molar-refractivity contribution in [2.24, 2.45) is 20.5 Å². The fourth-order valence-corrected chi connectivity index (χ4v) is 3.41. The van der Waals surface area contributed by atoms with Crippen molar-refractivity contribution in [3.63, 3.8) is 0 Å². The summed E-state index contributed by atoms with van der Waals surface area (Å²) in [6.45, 7) is 1.75. The van der Waals surface area contributed by atoms with Gasteiger partial charge in [0.2, 0.25) is 0 Å². The van der Waals surface area contributed by atoms with Crippen LogP contribution in [0.25, 0.3) is 0 Å². The highest BCUT2D eigenvalue weighted by Gasteiger charge is 2.20. The number of nitrogens with zero attached hydrogens (tertiary/aromatic N) is 4. The lowest BCUT2D eigenvalue weighted by atomic mass is 10.1. The molecular formula is C21H21N5O6S. The van der Waals surface area contributed by atoms with Gasteiger partial charge in [-0.25, -0.2) is 0 Å². The number of rotatable bonds is 7. The number of anilines is 1.